The number of hydrazone groups is 1. The molecule has 5 N–H and O–H groups in total. The van der Waals surface area contributed by atoms with Crippen LogP contribution < -0.4 is 16.5 Å². The van der Waals surface area contributed by atoms with Crippen molar-refractivity contribution in [3.05, 3.63) is 72.4 Å². The number of carbonyl (C=O) groups is 1. The summed E-state index contributed by atoms with van der Waals surface area (Å²) in [4.78, 5) is 12.0. The number of amidine groups is 1. The SMILES string of the molecule is N=C(C(=O)/C=C\Nc1cccc(C(F)(F)F)c1)/C(=N/N)Nc1ccccc1. The molecule has 0 heterocycles. The van der Waals surface area contributed by atoms with Gasteiger partial charge in [0, 0.05) is 23.7 Å². The lowest BCUT2D eigenvalue weighted by molar-refractivity contribution is -0.137. The van der Waals surface area contributed by atoms with E-state index in [1.807, 2.05) is 0 Å². The number of hydrogen-bond donors (Lipinski definition) is 4. The smallest absolute Gasteiger partial charge is 0.362 e. The largest absolute Gasteiger partial charge is 0.416 e. The Bertz CT molecular complexity index is 876. The van der Waals surface area contributed by atoms with Crippen LogP contribution in [0.25, 0.3) is 0 Å². The summed E-state index contributed by atoms with van der Waals surface area (Å²) in [6, 6.07) is 13.2. The van der Waals surface area contributed by atoms with E-state index in [0.717, 1.165) is 24.4 Å². The molecule has 2 aromatic carbocycles. The molecule has 27 heavy (non-hydrogen) atoms. The van der Waals surface area contributed by atoms with Crippen LogP contribution in [0.5, 0.6) is 0 Å². The first-order valence-corrected chi connectivity index (χ1v) is 7.65. The quantitative estimate of drug-likeness (QED) is 0.204. The molecule has 9 heteroatoms. The number of carbonyl (C=O) groups excluding carboxylic acids is 1. The lowest BCUT2D eigenvalue weighted by atomic mass is 10.2. The molecule has 2 aromatic rings. The fraction of sp³-hybridized carbons (Fsp3) is 0.0556. The summed E-state index contributed by atoms with van der Waals surface area (Å²) in [6.45, 7) is 0. The molecule has 0 aliphatic rings. The van der Waals surface area contributed by atoms with Gasteiger partial charge in [-0.15, -0.1) is 0 Å². The van der Waals surface area contributed by atoms with Crippen LogP contribution in [-0.4, -0.2) is 17.3 Å². The summed E-state index contributed by atoms with van der Waals surface area (Å²) < 4.78 is 38.0. The Morgan fingerprint density at radius 1 is 1.07 bits per heavy atom. The molecule has 0 unspecified atom stereocenters. The molecule has 2 rings (SSSR count). The summed E-state index contributed by atoms with van der Waals surface area (Å²) in [5.74, 6) is 4.34. The van der Waals surface area contributed by atoms with Gasteiger partial charge in [-0.05, 0) is 30.3 Å². The lowest BCUT2D eigenvalue weighted by Crippen LogP contribution is -2.29. The molecule has 0 atom stereocenters. The minimum Gasteiger partial charge on any atom is -0.362 e. The maximum Gasteiger partial charge on any atom is 0.416 e. The van der Waals surface area contributed by atoms with Crippen LogP contribution >= 0.6 is 0 Å². The summed E-state index contributed by atoms with van der Waals surface area (Å²) in [5, 5.41) is 16.5. The van der Waals surface area contributed by atoms with Crippen molar-refractivity contribution in [2.75, 3.05) is 10.6 Å². The number of nitrogens with zero attached hydrogens (tertiary/aromatic N) is 1. The average Bonchev–Trinajstić information content (AvgIpc) is 2.66. The average molecular weight is 375 g/mol. The van der Waals surface area contributed by atoms with E-state index in [0.29, 0.717) is 5.69 Å². The van der Waals surface area contributed by atoms with Crippen LogP contribution in [0.3, 0.4) is 0 Å². The van der Waals surface area contributed by atoms with Gasteiger partial charge in [0.05, 0.1) is 5.56 Å². The van der Waals surface area contributed by atoms with E-state index in [2.05, 4.69) is 15.7 Å². The number of hydrogen-bond acceptors (Lipinski definition) is 5. The van der Waals surface area contributed by atoms with Gasteiger partial charge in [-0.25, -0.2) is 0 Å². The van der Waals surface area contributed by atoms with E-state index < -0.39 is 23.2 Å². The van der Waals surface area contributed by atoms with Crippen molar-refractivity contribution in [1.82, 2.24) is 0 Å². The second kappa shape index (κ2) is 8.65. The fourth-order valence-electron chi connectivity index (χ4n) is 2.02. The normalized spacial score (nSPS) is 12.0. The van der Waals surface area contributed by atoms with Gasteiger partial charge in [0.15, 0.2) is 5.84 Å². The van der Waals surface area contributed by atoms with Crippen molar-refractivity contribution in [3.63, 3.8) is 0 Å². The van der Waals surface area contributed by atoms with Crippen molar-refractivity contribution in [1.29, 1.82) is 5.41 Å². The topological polar surface area (TPSA) is 103 Å². The molecule has 0 saturated heterocycles. The van der Waals surface area contributed by atoms with Crippen LogP contribution in [-0.2, 0) is 11.0 Å². The summed E-state index contributed by atoms with van der Waals surface area (Å²) in [6.07, 6.45) is -2.32. The Hall–Kier alpha value is -3.62. The zero-order valence-corrected chi connectivity index (χ0v) is 13.9. The van der Waals surface area contributed by atoms with Gasteiger partial charge >= 0.3 is 6.18 Å². The predicted molar refractivity (Wildman–Crippen MR) is 98.6 cm³/mol. The van der Waals surface area contributed by atoms with Crippen molar-refractivity contribution in [2.24, 2.45) is 10.9 Å². The monoisotopic (exact) mass is 375 g/mol. The molecule has 140 valence electrons. The number of benzene rings is 2. The van der Waals surface area contributed by atoms with Crippen molar-refractivity contribution < 1.29 is 18.0 Å². The third kappa shape index (κ3) is 5.70. The second-order valence-corrected chi connectivity index (χ2v) is 5.26. The van der Waals surface area contributed by atoms with Crippen LogP contribution in [0.1, 0.15) is 5.56 Å². The lowest BCUT2D eigenvalue weighted by Gasteiger charge is -2.09. The van der Waals surface area contributed by atoms with Gasteiger partial charge in [0.1, 0.15) is 5.71 Å². The standard InChI is InChI=1S/C18H16F3N5O/c19-18(20,21)12-5-4-8-14(11-12)24-10-9-15(27)16(22)17(26-23)25-13-6-2-1-3-7-13/h1-11,22,24H,23H2,(H,25,26)/b10-9-,22-16?. The number of nitrogens with one attached hydrogen (secondary N) is 3. The second-order valence-electron chi connectivity index (χ2n) is 5.26. The Labute approximate surface area is 153 Å². The molecule has 0 aliphatic heterocycles. The highest BCUT2D eigenvalue weighted by molar-refractivity contribution is 6.69. The number of ketones is 1. The molecule has 0 bridgehead atoms. The molecule has 0 spiro atoms. The van der Waals surface area contributed by atoms with E-state index in [9.17, 15) is 18.0 Å². The van der Waals surface area contributed by atoms with Gasteiger partial charge in [-0.3, -0.25) is 10.2 Å². The van der Waals surface area contributed by atoms with Crippen LogP contribution in [0.15, 0.2) is 72.0 Å². The zero-order chi connectivity index (χ0) is 19.9. The van der Waals surface area contributed by atoms with E-state index in [1.165, 1.54) is 12.1 Å². The number of halogens is 3. The number of rotatable bonds is 6. The molecule has 0 aromatic heterocycles. The predicted octanol–water partition coefficient (Wildman–Crippen LogP) is 3.60. The number of nitrogens with two attached hydrogens (primary N) is 1. The molecule has 0 amide bonds. The summed E-state index contributed by atoms with van der Waals surface area (Å²) in [5.41, 5.74) is -0.575. The highest BCUT2D eigenvalue weighted by Crippen LogP contribution is 2.30. The Kier molecular flexibility index (Phi) is 6.32. The minimum atomic E-state index is -4.46. The van der Waals surface area contributed by atoms with Crippen LogP contribution in [0, 0.1) is 5.41 Å². The molecule has 0 radical (unpaired) electrons. The third-order valence-electron chi connectivity index (χ3n) is 3.32. The third-order valence-corrected chi connectivity index (χ3v) is 3.32. The Balaban J connectivity index is 2.00. The summed E-state index contributed by atoms with van der Waals surface area (Å²) >= 11 is 0. The van der Waals surface area contributed by atoms with E-state index in [-0.39, 0.29) is 11.5 Å². The van der Waals surface area contributed by atoms with Gasteiger partial charge < -0.3 is 16.5 Å². The Morgan fingerprint density at radius 2 is 1.74 bits per heavy atom. The van der Waals surface area contributed by atoms with E-state index in [1.54, 1.807) is 30.3 Å². The minimum absolute atomic E-state index is 0.144. The first-order valence-electron chi connectivity index (χ1n) is 7.65. The van der Waals surface area contributed by atoms with Gasteiger partial charge in [0.25, 0.3) is 0 Å². The van der Waals surface area contributed by atoms with Crippen molar-refractivity contribution in [2.45, 2.75) is 6.18 Å². The molecular formula is C18H16F3N5O. The summed E-state index contributed by atoms with van der Waals surface area (Å²) in [7, 11) is 0. The maximum absolute atomic E-state index is 12.7. The highest BCUT2D eigenvalue weighted by atomic mass is 19.4. The molecule has 6 nitrogen and oxygen atoms in total. The number of allylic oxidation sites excluding steroid dienone is 1. The maximum atomic E-state index is 12.7. The molecule has 0 fully saturated rings. The van der Waals surface area contributed by atoms with Crippen molar-refractivity contribution in [3.8, 4) is 0 Å². The van der Waals surface area contributed by atoms with E-state index in [4.69, 9.17) is 11.3 Å². The first kappa shape index (κ1) is 19.7. The first-order chi connectivity index (χ1) is 12.8. The van der Waals surface area contributed by atoms with Crippen molar-refractivity contribution >= 4 is 28.7 Å². The van der Waals surface area contributed by atoms with Gasteiger partial charge in [0.2, 0.25) is 5.78 Å². The highest BCUT2D eigenvalue weighted by Gasteiger charge is 2.30. The van der Waals surface area contributed by atoms with Gasteiger partial charge in [-0.1, -0.05) is 24.3 Å². The number of anilines is 2. The molecule has 0 saturated carbocycles. The fourth-order valence-corrected chi connectivity index (χ4v) is 2.02. The van der Waals surface area contributed by atoms with Gasteiger partial charge in [-0.2, -0.15) is 18.3 Å². The number of para-hydroxylation sites is 1. The molecular weight excluding hydrogens is 359 g/mol. The molecule has 0 aliphatic carbocycles. The van der Waals surface area contributed by atoms with Crippen LogP contribution in [0.4, 0.5) is 24.5 Å². The zero-order valence-electron chi connectivity index (χ0n) is 13.9. The van der Waals surface area contributed by atoms with E-state index >= 15 is 0 Å². The van der Waals surface area contributed by atoms with Crippen LogP contribution in [0.2, 0.25) is 0 Å². The Morgan fingerprint density at radius 3 is 2.37 bits per heavy atom. The number of alkyl halides is 3.